The van der Waals surface area contributed by atoms with Crippen molar-refractivity contribution in [1.29, 1.82) is 0 Å². The lowest BCUT2D eigenvalue weighted by atomic mass is 9.76. The van der Waals surface area contributed by atoms with Crippen molar-refractivity contribution in [1.82, 2.24) is 5.32 Å². The molecule has 1 heterocycles. The van der Waals surface area contributed by atoms with E-state index >= 15 is 0 Å². The summed E-state index contributed by atoms with van der Waals surface area (Å²) in [7, 11) is 2.15. The van der Waals surface area contributed by atoms with Gasteiger partial charge in [-0.2, -0.15) is 0 Å². The summed E-state index contributed by atoms with van der Waals surface area (Å²) in [6, 6.07) is 0.686. The SMILES string of the molecule is CCCC(C)C(NC)C1CCOC2(CCCC2)C1. The minimum absolute atomic E-state index is 0.268. The number of hydrogen-bond acceptors (Lipinski definition) is 2. The number of hydrogen-bond donors (Lipinski definition) is 1. The van der Waals surface area contributed by atoms with Crippen LogP contribution >= 0.6 is 0 Å². The fourth-order valence-electron chi connectivity index (χ4n) is 4.36. The summed E-state index contributed by atoms with van der Waals surface area (Å²) in [4.78, 5) is 0. The molecule has 0 aromatic rings. The summed E-state index contributed by atoms with van der Waals surface area (Å²) in [6.07, 6.45) is 10.6. The third kappa shape index (κ3) is 3.08. The average Bonchev–Trinajstić information content (AvgIpc) is 2.79. The average molecular weight is 253 g/mol. The molecule has 1 aliphatic heterocycles. The number of ether oxygens (including phenoxy) is 1. The second-order valence-corrected chi connectivity index (χ2v) is 6.57. The Kier molecular flexibility index (Phi) is 5.08. The lowest BCUT2D eigenvalue weighted by molar-refractivity contribution is -0.100. The van der Waals surface area contributed by atoms with Crippen LogP contribution in [0.25, 0.3) is 0 Å². The molecule has 1 spiro atoms. The summed E-state index contributed by atoms with van der Waals surface area (Å²) in [5, 5.41) is 3.61. The lowest BCUT2D eigenvalue weighted by Gasteiger charge is -2.43. The largest absolute Gasteiger partial charge is 0.375 e. The van der Waals surface area contributed by atoms with Crippen molar-refractivity contribution in [2.75, 3.05) is 13.7 Å². The molecule has 3 unspecified atom stereocenters. The van der Waals surface area contributed by atoms with Crippen LogP contribution in [0, 0.1) is 11.8 Å². The van der Waals surface area contributed by atoms with Crippen molar-refractivity contribution in [3.63, 3.8) is 0 Å². The van der Waals surface area contributed by atoms with E-state index in [1.165, 1.54) is 51.4 Å². The van der Waals surface area contributed by atoms with Crippen LogP contribution in [0.3, 0.4) is 0 Å². The van der Waals surface area contributed by atoms with Gasteiger partial charge in [0.05, 0.1) is 5.60 Å². The molecule has 0 radical (unpaired) electrons. The summed E-state index contributed by atoms with van der Waals surface area (Å²) in [5.74, 6) is 1.62. The van der Waals surface area contributed by atoms with E-state index in [4.69, 9.17) is 4.74 Å². The molecule has 1 N–H and O–H groups in total. The van der Waals surface area contributed by atoms with Crippen LogP contribution in [0.15, 0.2) is 0 Å². The maximum absolute atomic E-state index is 6.16. The van der Waals surface area contributed by atoms with Gasteiger partial charge in [0.1, 0.15) is 0 Å². The third-order valence-corrected chi connectivity index (χ3v) is 5.24. The molecule has 0 aromatic heterocycles. The first kappa shape index (κ1) is 14.3. The Morgan fingerprint density at radius 1 is 1.33 bits per heavy atom. The van der Waals surface area contributed by atoms with Gasteiger partial charge in [0.25, 0.3) is 0 Å². The van der Waals surface area contributed by atoms with E-state index in [-0.39, 0.29) is 5.60 Å². The Hall–Kier alpha value is -0.0800. The van der Waals surface area contributed by atoms with Crippen LogP contribution in [0.4, 0.5) is 0 Å². The fourth-order valence-corrected chi connectivity index (χ4v) is 4.36. The topological polar surface area (TPSA) is 21.3 Å². The second-order valence-electron chi connectivity index (χ2n) is 6.57. The Labute approximate surface area is 113 Å². The van der Waals surface area contributed by atoms with E-state index in [0.29, 0.717) is 6.04 Å². The first-order valence-electron chi connectivity index (χ1n) is 8.02. The van der Waals surface area contributed by atoms with Crippen molar-refractivity contribution in [3.8, 4) is 0 Å². The van der Waals surface area contributed by atoms with E-state index in [2.05, 4.69) is 26.2 Å². The molecule has 3 atom stereocenters. The molecule has 1 aliphatic carbocycles. The Balaban J connectivity index is 1.97. The van der Waals surface area contributed by atoms with Crippen molar-refractivity contribution in [2.24, 2.45) is 11.8 Å². The monoisotopic (exact) mass is 253 g/mol. The second kappa shape index (κ2) is 6.38. The standard InChI is InChI=1S/C16H31NO/c1-4-7-13(2)15(17-3)14-8-11-18-16(12-14)9-5-6-10-16/h13-15,17H,4-12H2,1-3H3. The van der Waals surface area contributed by atoms with Gasteiger partial charge in [-0.05, 0) is 51.0 Å². The molecule has 18 heavy (non-hydrogen) atoms. The fraction of sp³-hybridized carbons (Fsp3) is 1.00. The Bertz CT molecular complexity index is 247. The molecule has 106 valence electrons. The van der Waals surface area contributed by atoms with E-state index in [1.54, 1.807) is 0 Å². The molecule has 1 saturated carbocycles. The molecule has 2 fully saturated rings. The van der Waals surface area contributed by atoms with Crippen LogP contribution in [0.1, 0.15) is 65.2 Å². The predicted molar refractivity (Wildman–Crippen MR) is 76.8 cm³/mol. The molecule has 0 bridgehead atoms. The van der Waals surface area contributed by atoms with Gasteiger partial charge in [0.15, 0.2) is 0 Å². The highest BCUT2D eigenvalue weighted by Crippen LogP contribution is 2.43. The minimum atomic E-state index is 0.268. The number of rotatable bonds is 5. The highest BCUT2D eigenvalue weighted by molar-refractivity contribution is 4.95. The molecular formula is C16H31NO. The molecule has 2 heteroatoms. The van der Waals surface area contributed by atoms with E-state index in [9.17, 15) is 0 Å². The zero-order valence-corrected chi connectivity index (χ0v) is 12.5. The molecule has 0 aromatic carbocycles. The first-order chi connectivity index (χ1) is 8.71. The zero-order valence-electron chi connectivity index (χ0n) is 12.5. The summed E-state index contributed by atoms with van der Waals surface area (Å²) in [6.45, 7) is 5.70. The molecule has 2 aliphatic rings. The highest BCUT2D eigenvalue weighted by Gasteiger charge is 2.42. The maximum atomic E-state index is 6.16. The van der Waals surface area contributed by atoms with Crippen LogP contribution in [0.2, 0.25) is 0 Å². The normalized spacial score (nSPS) is 30.5. The summed E-state index contributed by atoms with van der Waals surface area (Å²) >= 11 is 0. The smallest absolute Gasteiger partial charge is 0.0685 e. The Morgan fingerprint density at radius 2 is 2.06 bits per heavy atom. The van der Waals surface area contributed by atoms with Crippen molar-refractivity contribution < 1.29 is 4.74 Å². The van der Waals surface area contributed by atoms with Gasteiger partial charge in [-0.15, -0.1) is 0 Å². The van der Waals surface area contributed by atoms with Crippen molar-refractivity contribution in [3.05, 3.63) is 0 Å². The number of nitrogens with one attached hydrogen (secondary N) is 1. The van der Waals surface area contributed by atoms with E-state index in [1.807, 2.05) is 0 Å². The van der Waals surface area contributed by atoms with Gasteiger partial charge < -0.3 is 10.1 Å². The molecular weight excluding hydrogens is 222 g/mol. The Morgan fingerprint density at radius 3 is 2.67 bits per heavy atom. The highest BCUT2D eigenvalue weighted by atomic mass is 16.5. The van der Waals surface area contributed by atoms with Crippen molar-refractivity contribution >= 4 is 0 Å². The van der Waals surface area contributed by atoms with Crippen LogP contribution in [-0.2, 0) is 4.74 Å². The van der Waals surface area contributed by atoms with Gasteiger partial charge in [0.2, 0.25) is 0 Å². The molecule has 2 nitrogen and oxygen atoms in total. The quantitative estimate of drug-likeness (QED) is 0.805. The van der Waals surface area contributed by atoms with E-state index < -0.39 is 0 Å². The van der Waals surface area contributed by atoms with Crippen molar-refractivity contribution in [2.45, 2.75) is 76.9 Å². The van der Waals surface area contributed by atoms with Gasteiger partial charge in [-0.25, -0.2) is 0 Å². The van der Waals surface area contributed by atoms with Gasteiger partial charge in [-0.1, -0.05) is 33.1 Å². The van der Waals surface area contributed by atoms with Crippen LogP contribution in [-0.4, -0.2) is 25.3 Å². The van der Waals surface area contributed by atoms with E-state index in [0.717, 1.165) is 18.4 Å². The van der Waals surface area contributed by atoms with Crippen LogP contribution < -0.4 is 5.32 Å². The predicted octanol–water partition coefficient (Wildman–Crippen LogP) is 3.75. The van der Waals surface area contributed by atoms with Gasteiger partial charge >= 0.3 is 0 Å². The van der Waals surface area contributed by atoms with Crippen LogP contribution in [0.5, 0.6) is 0 Å². The molecule has 1 saturated heterocycles. The summed E-state index contributed by atoms with van der Waals surface area (Å²) < 4.78 is 6.16. The zero-order chi connectivity index (χ0) is 13.0. The molecule has 2 rings (SSSR count). The first-order valence-corrected chi connectivity index (χ1v) is 8.02. The van der Waals surface area contributed by atoms with Gasteiger partial charge in [0, 0.05) is 12.6 Å². The minimum Gasteiger partial charge on any atom is -0.375 e. The summed E-state index contributed by atoms with van der Waals surface area (Å²) in [5.41, 5.74) is 0.268. The maximum Gasteiger partial charge on any atom is 0.0685 e. The molecule has 0 amide bonds. The lowest BCUT2D eigenvalue weighted by Crippen LogP contribution is -2.47. The third-order valence-electron chi connectivity index (χ3n) is 5.24. The van der Waals surface area contributed by atoms with Gasteiger partial charge in [-0.3, -0.25) is 0 Å².